The van der Waals surface area contributed by atoms with Gasteiger partial charge in [-0.25, -0.2) is 8.42 Å². The van der Waals surface area contributed by atoms with Gasteiger partial charge in [-0.2, -0.15) is 0 Å². The Morgan fingerprint density at radius 1 is 1.07 bits per heavy atom. The van der Waals surface area contributed by atoms with Gasteiger partial charge in [0.25, 0.3) is 5.91 Å². The lowest BCUT2D eigenvalue weighted by Gasteiger charge is -2.20. The minimum Gasteiger partial charge on any atom is -0.493 e. The van der Waals surface area contributed by atoms with Crippen LogP contribution in [0.5, 0.6) is 5.75 Å². The molecule has 0 unspecified atom stereocenters. The Morgan fingerprint density at radius 2 is 1.75 bits per heavy atom. The summed E-state index contributed by atoms with van der Waals surface area (Å²) in [5.74, 6) is 1.12. The Labute approximate surface area is 166 Å². The van der Waals surface area contributed by atoms with Crippen molar-refractivity contribution in [1.82, 2.24) is 0 Å². The number of benzene rings is 2. The number of carbonyl (C=O) groups is 1. The summed E-state index contributed by atoms with van der Waals surface area (Å²) in [5, 5.41) is 2.84. The summed E-state index contributed by atoms with van der Waals surface area (Å²) in [5.41, 5.74) is 1.50. The van der Waals surface area contributed by atoms with Crippen molar-refractivity contribution in [2.75, 3.05) is 16.6 Å². The van der Waals surface area contributed by atoms with Crippen molar-refractivity contribution in [3.05, 3.63) is 54.1 Å². The largest absolute Gasteiger partial charge is 0.493 e. The van der Waals surface area contributed by atoms with Crippen molar-refractivity contribution in [3.8, 4) is 5.75 Å². The van der Waals surface area contributed by atoms with Crippen LogP contribution < -0.4 is 14.8 Å². The molecule has 6 nitrogen and oxygen atoms in total. The molecule has 150 valence electrons. The maximum absolute atomic E-state index is 12.5. The van der Waals surface area contributed by atoms with Crippen molar-refractivity contribution in [1.29, 1.82) is 0 Å². The lowest BCUT2D eigenvalue weighted by Crippen LogP contribution is -2.33. The number of hydrogen-bond donors (Lipinski definition) is 2. The standard InChI is InChI=1S/C21H26N2O4S/c1-21(2,3)28(25,26)23-17-11-9-16(10-12-17)20(24)22-18-5-4-6-19(13-18)27-14-15-7-8-15/h4-6,9-13,15,23H,7-8,14H2,1-3H3,(H,22,24). The highest BCUT2D eigenvalue weighted by molar-refractivity contribution is 7.94. The fourth-order valence-electron chi connectivity index (χ4n) is 2.36. The van der Waals surface area contributed by atoms with Crippen molar-refractivity contribution in [3.63, 3.8) is 0 Å². The molecule has 1 amide bonds. The molecule has 1 aliphatic rings. The van der Waals surface area contributed by atoms with Crippen LogP contribution >= 0.6 is 0 Å². The van der Waals surface area contributed by atoms with Crippen LogP contribution in [0.25, 0.3) is 0 Å². The molecule has 0 bridgehead atoms. The molecule has 1 aliphatic carbocycles. The molecule has 0 radical (unpaired) electrons. The second-order valence-electron chi connectivity index (χ2n) is 8.03. The highest BCUT2D eigenvalue weighted by Gasteiger charge is 2.28. The number of amides is 1. The molecule has 0 saturated heterocycles. The van der Waals surface area contributed by atoms with Gasteiger partial charge in [0.15, 0.2) is 0 Å². The normalized spacial score (nSPS) is 14.4. The van der Waals surface area contributed by atoms with Crippen molar-refractivity contribution >= 4 is 27.3 Å². The lowest BCUT2D eigenvalue weighted by molar-refractivity contribution is 0.102. The minimum absolute atomic E-state index is 0.274. The molecule has 0 aromatic heterocycles. The summed E-state index contributed by atoms with van der Waals surface area (Å²) in [6.07, 6.45) is 2.44. The van der Waals surface area contributed by atoms with E-state index in [0.717, 1.165) is 5.75 Å². The number of carbonyl (C=O) groups excluding carboxylic acids is 1. The molecule has 2 N–H and O–H groups in total. The van der Waals surface area contributed by atoms with Crippen LogP contribution in [0.4, 0.5) is 11.4 Å². The van der Waals surface area contributed by atoms with Crippen LogP contribution in [0.2, 0.25) is 0 Å². The summed E-state index contributed by atoms with van der Waals surface area (Å²) < 4.78 is 31.8. The number of rotatable bonds is 7. The van der Waals surface area contributed by atoms with Gasteiger partial charge in [0.2, 0.25) is 10.0 Å². The van der Waals surface area contributed by atoms with E-state index in [1.165, 1.54) is 12.8 Å². The van der Waals surface area contributed by atoms with E-state index >= 15 is 0 Å². The molecule has 0 heterocycles. The van der Waals surface area contributed by atoms with E-state index in [-0.39, 0.29) is 5.91 Å². The first-order valence-electron chi connectivity index (χ1n) is 9.31. The van der Waals surface area contributed by atoms with Gasteiger partial charge in [0.1, 0.15) is 5.75 Å². The Hall–Kier alpha value is -2.54. The van der Waals surface area contributed by atoms with E-state index in [1.807, 2.05) is 12.1 Å². The predicted molar refractivity (Wildman–Crippen MR) is 111 cm³/mol. The smallest absolute Gasteiger partial charge is 0.255 e. The summed E-state index contributed by atoms with van der Waals surface area (Å²) in [7, 11) is -3.51. The van der Waals surface area contributed by atoms with Gasteiger partial charge in [0, 0.05) is 23.0 Å². The second-order valence-corrected chi connectivity index (χ2v) is 10.5. The summed E-state index contributed by atoms with van der Waals surface area (Å²) in [4.78, 5) is 12.5. The van der Waals surface area contributed by atoms with Crippen LogP contribution in [0.3, 0.4) is 0 Å². The fourth-order valence-corrected chi connectivity index (χ4v) is 3.12. The zero-order chi connectivity index (χ0) is 20.4. The van der Waals surface area contributed by atoms with Gasteiger partial charge < -0.3 is 10.1 Å². The van der Waals surface area contributed by atoms with Crippen molar-refractivity contribution in [2.45, 2.75) is 38.4 Å². The van der Waals surface area contributed by atoms with Gasteiger partial charge in [0.05, 0.1) is 11.4 Å². The molecule has 28 heavy (non-hydrogen) atoms. The van der Waals surface area contributed by atoms with Gasteiger partial charge >= 0.3 is 0 Å². The minimum atomic E-state index is -3.51. The fraction of sp³-hybridized carbons (Fsp3) is 0.381. The van der Waals surface area contributed by atoms with E-state index < -0.39 is 14.8 Å². The van der Waals surface area contributed by atoms with E-state index in [1.54, 1.807) is 57.2 Å². The third-order valence-electron chi connectivity index (χ3n) is 4.48. The first-order chi connectivity index (χ1) is 13.1. The average molecular weight is 403 g/mol. The predicted octanol–water partition coefficient (Wildman–Crippen LogP) is 4.27. The first-order valence-corrected chi connectivity index (χ1v) is 10.8. The van der Waals surface area contributed by atoms with Gasteiger partial charge in [-0.15, -0.1) is 0 Å². The number of nitrogens with one attached hydrogen (secondary N) is 2. The zero-order valence-corrected chi connectivity index (χ0v) is 17.2. The molecule has 0 spiro atoms. The molecular weight excluding hydrogens is 376 g/mol. The van der Waals surface area contributed by atoms with Crippen molar-refractivity contribution < 1.29 is 17.9 Å². The third kappa shape index (κ3) is 5.25. The molecule has 2 aromatic carbocycles. The Bertz CT molecular complexity index is 943. The molecule has 3 rings (SSSR count). The van der Waals surface area contributed by atoms with Crippen LogP contribution in [-0.4, -0.2) is 25.7 Å². The quantitative estimate of drug-likeness (QED) is 0.724. The SMILES string of the molecule is CC(C)(C)S(=O)(=O)Nc1ccc(C(=O)Nc2cccc(OCC3CC3)c2)cc1. The zero-order valence-electron chi connectivity index (χ0n) is 16.4. The van der Waals surface area contributed by atoms with Crippen LogP contribution in [0, 0.1) is 5.92 Å². The molecular formula is C21H26N2O4S. The third-order valence-corrected chi connectivity index (χ3v) is 6.60. The van der Waals surface area contributed by atoms with E-state index in [9.17, 15) is 13.2 Å². The highest BCUT2D eigenvalue weighted by Crippen LogP contribution is 2.30. The number of anilines is 2. The molecule has 0 atom stereocenters. The summed E-state index contributed by atoms with van der Waals surface area (Å²) >= 11 is 0. The Balaban J connectivity index is 1.62. The highest BCUT2D eigenvalue weighted by atomic mass is 32.2. The second kappa shape index (κ2) is 7.83. The maximum Gasteiger partial charge on any atom is 0.255 e. The molecule has 0 aliphatic heterocycles. The van der Waals surface area contributed by atoms with Crippen molar-refractivity contribution in [2.24, 2.45) is 5.92 Å². The summed E-state index contributed by atoms with van der Waals surface area (Å²) in [6, 6.07) is 13.6. The topological polar surface area (TPSA) is 84.5 Å². The van der Waals surface area contributed by atoms with E-state index in [0.29, 0.717) is 29.5 Å². The summed E-state index contributed by atoms with van der Waals surface area (Å²) in [6.45, 7) is 5.59. The van der Waals surface area contributed by atoms with Crippen LogP contribution in [0.15, 0.2) is 48.5 Å². The molecule has 1 fully saturated rings. The molecule has 2 aromatic rings. The van der Waals surface area contributed by atoms with Crippen LogP contribution in [0.1, 0.15) is 44.0 Å². The number of hydrogen-bond acceptors (Lipinski definition) is 4. The Kier molecular flexibility index (Phi) is 5.65. The van der Waals surface area contributed by atoms with Gasteiger partial charge in [-0.3, -0.25) is 9.52 Å². The van der Waals surface area contributed by atoms with Crippen LogP contribution in [-0.2, 0) is 10.0 Å². The van der Waals surface area contributed by atoms with Gasteiger partial charge in [-0.05, 0) is 75.9 Å². The molecule has 1 saturated carbocycles. The monoisotopic (exact) mass is 402 g/mol. The average Bonchev–Trinajstić information content (AvgIpc) is 3.44. The van der Waals surface area contributed by atoms with Gasteiger partial charge in [-0.1, -0.05) is 6.07 Å². The molecule has 7 heteroatoms. The maximum atomic E-state index is 12.5. The lowest BCUT2D eigenvalue weighted by atomic mass is 10.2. The number of sulfonamides is 1. The van der Waals surface area contributed by atoms with E-state index in [4.69, 9.17) is 4.74 Å². The van der Waals surface area contributed by atoms with E-state index in [2.05, 4.69) is 10.0 Å². The Morgan fingerprint density at radius 3 is 2.36 bits per heavy atom. The first kappa shape index (κ1) is 20.2. The number of ether oxygens (including phenoxy) is 1.